The van der Waals surface area contributed by atoms with Crippen LogP contribution in [0.3, 0.4) is 0 Å². The van der Waals surface area contributed by atoms with Crippen LogP contribution >= 0.6 is 0 Å². The molecule has 0 fully saturated rings. The van der Waals surface area contributed by atoms with Gasteiger partial charge < -0.3 is 9.15 Å². The fraction of sp³-hybridized carbons (Fsp3) is 0.286. The predicted molar refractivity (Wildman–Crippen MR) is 67.6 cm³/mol. The third-order valence-corrected chi connectivity index (χ3v) is 2.68. The van der Waals surface area contributed by atoms with Gasteiger partial charge >= 0.3 is 12.1 Å². The Morgan fingerprint density at radius 1 is 1.29 bits per heavy atom. The summed E-state index contributed by atoms with van der Waals surface area (Å²) in [7, 11) is 0. The predicted octanol–water partition coefficient (Wildman–Crippen LogP) is 3.85. The summed E-state index contributed by atoms with van der Waals surface area (Å²) in [5.41, 5.74) is -0.499. The molecule has 112 valence electrons. The number of ether oxygens (including phenoxy) is 1. The highest BCUT2D eigenvalue weighted by Crippen LogP contribution is 2.32. The van der Waals surface area contributed by atoms with Gasteiger partial charge in [-0.05, 0) is 19.1 Å². The molecule has 2 aromatic rings. The molecule has 0 unspecified atom stereocenters. The summed E-state index contributed by atoms with van der Waals surface area (Å²) in [6.45, 7) is 3.34. The molecule has 4 nitrogen and oxygen atoms in total. The average Bonchev–Trinajstić information content (AvgIpc) is 2.80. The molecule has 0 N–H and O–H groups in total. The van der Waals surface area contributed by atoms with E-state index in [4.69, 9.17) is 9.15 Å². The van der Waals surface area contributed by atoms with Gasteiger partial charge in [0.05, 0.1) is 12.2 Å². The van der Waals surface area contributed by atoms with Crippen molar-refractivity contribution in [3.05, 3.63) is 41.4 Å². The number of carbonyl (C=O) groups excluding carboxylic acids is 1. The molecule has 1 heterocycles. The smallest absolute Gasteiger partial charge is 0.416 e. The number of halogens is 3. The fourth-order valence-electron chi connectivity index (χ4n) is 1.77. The van der Waals surface area contributed by atoms with Gasteiger partial charge in [0.2, 0.25) is 0 Å². The second-order valence-electron chi connectivity index (χ2n) is 4.21. The second-order valence-corrected chi connectivity index (χ2v) is 4.21. The largest absolute Gasteiger partial charge is 0.461 e. The van der Waals surface area contributed by atoms with Crippen molar-refractivity contribution in [2.45, 2.75) is 20.0 Å². The van der Waals surface area contributed by atoms with Gasteiger partial charge in [0.25, 0.3) is 0 Å². The lowest BCUT2D eigenvalue weighted by atomic mass is 10.1. The Balaban J connectivity index is 2.40. The Morgan fingerprint density at radius 3 is 2.43 bits per heavy atom. The molecule has 21 heavy (non-hydrogen) atoms. The lowest BCUT2D eigenvalue weighted by molar-refractivity contribution is -0.137. The zero-order chi connectivity index (χ0) is 15.6. The molecule has 0 saturated carbocycles. The number of oxazole rings is 1. The van der Waals surface area contributed by atoms with Gasteiger partial charge in [-0.15, -0.1) is 0 Å². The van der Waals surface area contributed by atoms with E-state index in [-0.39, 0.29) is 24.0 Å². The van der Waals surface area contributed by atoms with Crippen LogP contribution in [0.2, 0.25) is 0 Å². The van der Waals surface area contributed by atoms with Crippen molar-refractivity contribution in [2.75, 3.05) is 6.61 Å². The minimum atomic E-state index is -4.42. The summed E-state index contributed by atoms with van der Waals surface area (Å²) in [6.07, 6.45) is -4.42. The van der Waals surface area contributed by atoms with E-state index in [0.717, 1.165) is 12.1 Å². The number of rotatable bonds is 3. The average molecular weight is 299 g/mol. The fourth-order valence-corrected chi connectivity index (χ4v) is 1.77. The van der Waals surface area contributed by atoms with Crippen molar-refractivity contribution in [1.29, 1.82) is 0 Å². The molecule has 0 saturated heterocycles. The maximum absolute atomic E-state index is 12.5. The first kappa shape index (κ1) is 15.1. The van der Waals surface area contributed by atoms with Gasteiger partial charge in [-0.25, -0.2) is 9.78 Å². The first-order chi connectivity index (χ1) is 9.82. The zero-order valence-corrected chi connectivity index (χ0v) is 11.3. The number of carbonyl (C=O) groups is 1. The maximum Gasteiger partial charge on any atom is 0.416 e. The van der Waals surface area contributed by atoms with Gasteiger partial charge in [0.1, 0.15) is 0 Å². The van der Waals surface area contributed by atoms with Crippen molar-refractivity contribution >= 4 is 5.97 Å². The summed E-state index contributed by atoms with van der Waals surface area (Å²) in [6, 6.07) is 4.29. The number of hydrogen-bond donors (Lipinski definition) is 0. The highest BCUT2D eigenvalue weighted by molar-refractivity contribution is 5.93. The molecule has 0 bridgehead atoms. The summed E-state index contributed by atoms with van der Waals surface area (Å²) < 4.78 is 47.7. The molecular formula is C14H12F3NO3. The highest BCUT2D eigenvalue weighted by Gasteiger charge is 2.30. The molecular weight excluding hydrogens is 287 g/mol. The standard InChI is InChI=1S/C14H12F3NO3/c1-3-20-13(19)11-12(21-8(2)18-11)9-4-6-10(7-5-9)14(15,16)17/h4-7H,3H2,1-2H3. The van der Waals surface area contributed by atoms with Gasteiger partial charge in [-0.2, -0.15) is 13.2 Å². The number of aryl methyl sites for hydroxylation is 1. The van der Waals surface area contributed by atoms with Gasteiger partial charge in [0.15, 0.2) is 17.3 Å². The van der Waals surface area contributed by atoms with Crippen LogP contribution < -0.4 is 0 Å². The van der Waals surface area contributed by atoms with E-state index in [2.05, 4.69) is 4.98 Å². The van der Waals surface area contributed by atoms with Gasteiger partial charge in [-0.1, -0.05) is 12.1 Å². The number of aromatic nitrogens is 1. The molecule has 0 aliphatic rings. The van der Waals surface area contributed by atoms with E-state index in [1.165, 1.54) is 19.1 Å². The maximum atomic E-state index is 12.5. The number of esters is 1. The van der Waals surface area contributed by atoms with E-state index in [1.807, 2.05) is 0 Å². The van der Waals surface area contributed by atoms with E-state index in [0.29, 0.717) is 5.56 Å². The van der Waals surface area contributed by atoms with E-state index < -0.39 is 17.7 Å². The molecule has 0 atom stereocenters. The van der Waals surface area contributed by atoms with Crippen LogP contribution in [0.5, 0.6) is 0 Å². The minimum Gasteiger partial charge on any atom is -0.461 e. The summed E-state index contributed by atoms with van der Waals surface area (Å²) in [5, 5.41) is 0. The Labute approximate surface area is 118 Å². The summed E-state index contributed by atoms with van der Waals surface area (Å²) >= 11 is 0. The number of hydrogen-bond acceptors (Lipinski definition) is 4. The Bertz CT molecular complexity index is 644. The zero-order valence-electron chi connectivity index (χ0n) is 11.3. The molecule has 2 rings (SSSR count). The van der Waals surface area contributed by atoms with E-state index in [1.54, 1.807) is 6.92 Å². The van der Waals surface area contributed by atoms with Gasteiger partial charge in [-0.3, -0.25) is 0 Å². The molecule has 0 amide bonds. The minimum absolute atomic E-state index is 0.0471. The van der Waals surface area contributed by atoms with Crippen LogP contribution in [0.1, 0.15) is 28.9 Å². The van der Waals surface area contributed by atoms with E-state index in [9.17, 15) is 18.0 Å². The number of alkyl halides is 3. The van der Waals surface area contributed by atoms with Crippen molar-refractivity contribution < 1.29 is 27.1 Å². The van der Waals surface area contributed by atoms with Crippen LogP contribution in [-0.4, -0.2) is 17.6 Å². The van der Waals surface area contributed by atoms with Crippen molar-refractivity contribution in [2.24, 2.45) is 0 Å². The van der Waals surface area contributed by atoms with Crippen LogP contribution in [0.4, 0.5) is 13.2 Å². The molecule has 0 spiro atoms. The first-order valence-corrected chi connectivity index (χ1v) is 6.15. The van der Waals surface area contributed by atoms with Crippen LogP contribution in [-0.2, 0) is 10.9 Å². The quantitative estimate of drug-likeness (QED) is 0.808. The van der Waals surface area contributed by atoms with E-state index >= 15 is 0 Å². The molecule has 1 aromatic heterocycles. The number of benzene rings is 1. The molecule has 0 aliphatic carbocycles. The molecule has 0 aliphatic heterocycles. The summed E-state index contributed by atoms with van der Waals surface area (Å²) in [5.74, 6) is -0.350. The monoisotopic (exact) mass is 299 g/mol. The Hall–Kier alpha value is -2.31. The van der Waals surface area contributed by atoms with Crippen molar-refractivity contribution in [3.8, 4) is 11.3 Å². The summed E-state index contributed by atoms with van der Waals surface area (Å²) in [4.78, 5) is 15.7. The van der Waals surface area contributed by atoms with Crippen molar-refractivity contribution in [3.63, 3.8) is 0 Å². The second kappa shape index (κ2) is 5.59. The van der Waals surface area contributed by atoms with Crippen molar-refractivity contribution in [1.82, 2.24) is 4.98 Å². The number of nitrogens with zero attached hydrogens (tertiary/aromatic N) is 1. The third kappa shape index (κ3) is 3.24. The third-order valence-electron chi connectivity index (χ3n) is 2.68. The molecule has 0 radical (unpaired) electrons. The molecule has 1 aromatic carbocycles. The topological polar surface area (TPSA) is 52.3 Å². The highest BCUT2D eigenvalue weighted by atomic mass is 19.4. The lowest BCUT2D eigenvalue weighted by Gasteiger charge is -2.07. The Morgan fingerprint density at radius 2 is 1.90 bits per heavy atom. The first-order valence-electron chi connectivity index (χ1n) is 6.15. The normalized spacial score (nSPS) is 11.5. The van der Waals surface area contributed by atoms with Crippen LogP contribution in [0.25, 0.3) is 11.3 Å². The SMILES string of the molecule is CCOC(=O)c1nc(C)oc1-c1ccc(C(F)(F)F)cc1. The Kier molecular flexibility index (Phi) is 4.02. The lowest BCUT2D eigenvalue weighted by Crippen LogP contribution is -2.07. The van der Waals surface area contributed by atoms with Crippen LogP contribution in [0, 0.1) is 6.92 Å². The van der Waals surface area contributed by atoms with Gasteiger partial charge in [0, 0.05) is 12.5 Å². The van der Waals surface area contributed by atoms with Crippen LogP contribution in [0.15, 0.2) is 28.7 Å². The molecule has 7 heteroatoms.